The molecule has 0 atom stereocenters. The van der Waals surface area contributed by atoms with Gasteiger partial charge in [-0.2, -0.15) is 5.26 Å². The Morgan fingerprint density at radius 2 is 1.74 bits per heavy atom. The number of imide groups is 1. The third kappa shape index (κ3) is 4.14. The molecule has 2 amide bonds. The fourth-order valence-corrected chi connectivity index (χ4v) is 4.90. The van der Waals surface area contributed by atoms with Crippen LogP contribution in [-0.4, -0.2) is 30.1 Å². The summed E-state index contributed by atoms with van der Waals surface area (Å²) in [6, 6.07) is 14.2. The van der Waals surface area contributed by atoms with Gasteiger partial charge in [0.05, 0.1) is 44.8 Å². The maximum absolute atomic E-state index is 13.2. The highest BCUT2D eigenvalue weighted by Crippen LogP contribution is 2.36. The molecule has 0 saturated heterocycles. The Bertz CT molecular complexity index is 1450. The van der Waals surface area contributed by atoms with Gasteiger partial charge in [-0.05, 0) is 55.3 Å². The van der Waals surface area contributed by atoms with Gasteiger partial charge < -0.3 is 0 Å². The van der Waals surface area contributed by atoms with Crippen molar-refractivity contribution in [3.63, 3.8) is 0 Å². The second-order valence-electron chi connectivity index (χ2n) is 8.27. The first-order valence-electron chi connectivity index (χ1n) is 10.2. The molecule has 0 radical (unpaired) electrons. The van der Waals surface area contributed by atoms with Crippen molar-refractivity contribution in [1.29, 1.82) is 5.26 Å². The predicted octanol–water partition coefficient (Wildman–Crippen LogP) is 4.13. The van der Waals surface area contributed by atoms with E-state index < -0.39 is 27.3 Å². The zero-order valence-electron chi connectivity index (χ0n) is 18.2. The topological polar surface area (TPSA) is 120 Å². The number of aromatic nitrogens is 1. The second kappa shape index (κ2) is 8.56. The molecule has 8 nitrogen and oxygen atoms in total. The maximum atomic E-state index is 13.2. The number of hydrogen-bond acceptors (Lipinski definition) is 6. The van der Waals surface area contributed by atoms with E-state index >= 15 is 0 Å². The Labute approximate surface area is 201 Å². The molecule has 3 aromatic rings. The molecule has 0 spiro atoms. The Hall–Kier alpha value is -3.74. The molecule has 0 aliphatic carbocycles. The molecule has 1 aliphatic rings. The van der Waals surface area contributed by atoms with Crippen LogP contribution in [0.2, 0.25) is 5.02 Å². The molecule has 2 heterocycles. The lowest BCUT2D eigenvalue weighted by molar-refractivity contribution is 0.0642. The number of fused-ring (bicyclic) bond motifs is 1. The number of halogens is 1. The lowest BCUT2D eigenvalue weighted by Gasteiger charge is -2.16. The summed E-state index contributed by atoms with van der Waals surface area (Å²) in [5.41, 5.74) is 0.308. The van der Waals surface area contributed by atoms with Crippen LogP contribution in [0, 0.1) is 11.3 Å². The van der Waals surface area contributed by atoms with Gasteiger partial charge >= 0.3 is 0 Å². The van der Waals surface area contributed by atoms with Crippen molar-refractivity contribution in [1.82, 2.24) is 9.88 Å². The summed E-state index contributed by atoms with van der Waals surface area (Å²) in [5.74, 6) is -1.27. The number of amides is 2. The smallest absolute Gasteiger partial charge is 0.264 e. The van der Waals surface area contributed by atoms with Crippen molar-refractivity contribution in [3.8, 4) is 6.07 Å². The number of hydrogen-bond donors (Lipinski definition) is 1. The lowest BCUT2D eigenvalue weighted by Crippen LogP contribution is -2.29. The van der Waals surface area contributed by atoms with Crippen molar-refractivity contribution in [2.24, 2.45) is 0 Å². The summed E-state index contributed by atoms with van der Waals surface area (Å²) in [7, 11) is -4.10. The van der Waals surface area contributed by atoms with Gasteiger partial charge in [0.15, 0.2) is 0 Å². The third-order valence-corrected chi connectivity index (χ3v) is 7.24. The highest BCUT2D eigenvalue weighted by atomic mass is 35.5. The number of sulfonamides is 1. The SMILES string of the molecule is CC(C)(C#N)c1ccc(S(=O)(=O)Nc2ccc(Cl)c3c2C(=O)N(Cc2cccnc2)C3=O)cc1. The molecule has 4 rings (SSSR count). The minimum atomic E-state index is -4.10. The molecule has 10 heteroatoms. The highest BCUT2D eigenvalue weighted by Gasteiger charge is 2.40. The Morgan fingerprint density at radius 3 is 2.35 bits per heavy atom. The Balaban J connectivity index is 1.67. The van der Waals surface area contributed by atoms with Crippen LogP contribution in [0.5, 0.6) is 0 Å². The van der Waals surface area contributed by atoms with Gasteiger partial charge in [-0.3, -0.25) is 24.2 Å². The number of carbonyl (C=O) groups is 2. The fourth-order valence-electron chi connectivity index (χ4n) is 3.59. The molecule has 0 unspecified atom stereocenters. The monoisotopic (exact) mass is 494 g/mol. The summed E-state index contributed by atoms with van der Waals surface area (Å²) in [4.78, 5) is 31.1. The van der Waals surface area contributed by atoms with E-state index in [4.69, 9.17) is 11.6 Å². The van der Waals surface area contributed by atoms with Crippen LogP contribution >= 0.6 is 11.6 Å². The van der Waals surface area contributed by atoms with Crippen molar-refractivity contribution >= 4 is 39.1 Å². The van der Waals surface area contributed by atoms with Crippen molar-refractivity contribution in [2.75, 3.05) is 4.72 Å². The van der Waals surface area contributed by atoms with E-state index in [0.29, 0.717) is 11.1 Å². The first kappa shape index (κ1) is 23.4. The van der Waals surface area contributed by atoms with Crippen LogP contribution in [0.3, 0.4) is 0 Å². The summed E-state index contributed by atoms with van der Waals surface area (Å²) in [6.07, 6.45) is 3.11. The first-order valence-corrected chi connectivity index (χ1v) is 12.0. The number of benzene rings is 2. The molecule has 2 aromatic carbocycles. The van der Waals surface area contributed by atoms with Gasteiger partial charge in [0.25, 0.3) is 21.8 Å². The van der Waals surface area contributed by atoms with Crippen molar-refractivity contribution < 1.29 is 18.0 Å². The molecular formula is C24H19ClN4O4S. The van der Waals surface area contributed by atoms with E-state index in [1.165, 1.54) is 30.5 Å². The largest absolute Gasteiger partial charge is 0.279 e. The quantitative estimate of drug-likeness (QED) is 0.514. The van der Waals surface area contributed by atoms with Gasteiger partial charge in [-0.15, -0.1) is 0 Å². The molecule has 0 fully saturated rings. The van der Waals surface area contributed by atoms with Crippen LogP contribution in [0.4, 0.5) is 5.69 Å². The average Bonchev–Trinajstić information content (AvgIpc) is 3.07. The number of anilines is 1. The van der Waals surface area contributed by atoms with Gasteiger partial charge in [0.2, 0.25) is 0 Å². The van der Waals surface area contributed by atoms with Gasteiger partial charge in [0, 0.05) is 12.4 Å². The number of nitrogens with zero attached hydrogens (tertiary/aromatic N) is 3. The Morgan fingerprint density at radius 1 is 1.06 bits per heavy atom. The van der Waals surface area contributed by atoms with Gasteiger partial charge in [0.1, 0.15) is 0 Å². The third-order valence-electron chi connectivity index (χ3n) is 5.55. The average molecular weight is 495 g/mol. The first-order chi connectivity index (χ1) is 16.0. The zero-order chi connectivity index (χ0) is 24.7. The molecule has 172 valence electrons. The fraction of sp³-hybridized carbons (Fsp3) is 0.167. The zero-order valence-corrected chi connectivity index (χ0v) is 19.8. The summed E-state index contributed by atoms with van der Waals surface area (Å²) in [6.45, 7) is 3.43. The number of rotatable bonds is 6. The molecule has 1 N–H and O–H groups in total. The normalized spacial score (nSPS) is 13.5. The van der Waals surface area contributed by atoms with E-state index in [0.717, 1.165) is 4.90 Å². The van der Waals surface area contributed by atoms with Crippen molar-refractivity contribution in [3.05, 3.63) is 88.2 Å². The standard InChI is InChI=1S/C24H19ClN4O4S/c1-24(2,14-26)16-5-7-17(8-6-16)34(32,33)28-19-10-9-18(25)20-21(19)23(31)29(22(20)30)13-15-4-3-11-27-12-15/h3-12,28H,13H2,1-2H3. The minimum Gasteiger partial charge on any atom is -0.279 e. The summed E-state index contributed by atoms with van der Waals surface area (Å²) in [5, 5.41) is 9.34. The van der Waals surface area contributed by atoms with Gasteiger partial charge in [-0.1, -0.05) is 29.8 Å². The minimum absolute atomic E-state index is 0.0289. The van der Waals surface area contributed by atoms with Crippen molar-refractivity contribution in [2.45, 2.75) is 30.7 Å². The molecular weight excluding hydrogens is 476 g/mol. The molecule has 1 aliphatic heterocycles. The Kier molecular flexibility index (Phi) is 5.89. The van der Waals surface area contributed by atoms with Crippen LogP contribution in [0.1, 0.15) is 45.7 Å². The van der Waals surface area contributed by atoms with E-state index in [1.807, 2.05) is 0 Å². The number of nitrogens with one attached hydrogen (secondary N) is 1. The molecule has 0 bridgehead atoms. The number of pyridine rings is 1. The molecule has 0 saturated carbocycles. The second-order valence-corrected chi connectivity index (χ2v) is 10.4. The van der Waals surface area contributed by atoms with E-state index in [2.05, 4.69) is 15.8 Å². The van der Waals surface area contributed by atoms with Crippen LogP contribution in [0.15, 0.2) is 65.8 Å². The van der Waals surface area contributed by atoms with Crippen LogP contribution in [-0.2, 0) is 22.0 Å². The van der Waals surface area contributed by atoms with Crippen LogP contribution in [0.25, 0.3) is 0 Å². The lowest BCUT2D eigenvalue weighted by atomic mass is 9.87. The number of nitriles is 1. The number of carbonyl (C=O) groups excluding carboxylic acids is 2. The van der Waals surface area contributed by atoms with Gasteiger partial charge in [-0.25, -0.2) is 8.42 Å². The summed E-state index contributed by atoms with van der Waals surface area (Å²) >= 11 is 6.22. The van der Waals surface area contributed by atoms with E-state index in [1.54, 1.807) is 44.3 Å². The summed E-state index contributed by atoms with van der Waals surface area (Å²) < 4.78 is 28.5. The highest BCUT2D eigenvalue weighted by molar-refractivity contribution is 7.92. The van der Waals surface area contributed by atoms with Crippen LogP contribution < -0.4 is 4.72 Å². The molecule has 1 aromatic heterocycles. The molecule has 34 heavy (non-hydrogen) atoms. The maximum Gasteiger partial charge on any atom is 0.264 e. The predicted molar refractivity (Wildman–Crippen MR) is 126 cm³/mol. The van der Waals surface area contributed by atoms with E-state index in [9.17, 15) is 23.3 Å². The van der Waals surface area contributed by atoms with E-state index in [-0.39, 0.29) is 33.3 Å².